The van der Waals surface area contributed by atoms with Crippen molar-refractivity contribution in [1.29, 1.82) is 0 Å². The molecule has 2 rings (SSSR count). The van der Waals surface area contributed by atoms with Crippen LogP contribution in [0.4, 0.5) is 13.6 Å². The molecule has 1 amide bonds. The number of hydrogen-bond donors (Lipinski definition) is 0. The molecule has 7 heteroatoms. The molecule has 1 aliphatic rings. The van der Waals surface area contributed by atoms with Crippen LogP contribution in [0.25, 0.3) is 0 Å². The molecule has 24 heavy (non-hydrogen) atoms. The molecule has 1 fully saturated rings. The first kappa shape index (κ1) is 18.2. The maximum absolute atomic E-state index is 14.1. The number of esters is 1. The standard InChI is InChI=1S/C17H21F2NO4/c1-16(2,3)24-15(22)20-10-9-17(18,19)13(20)14(21)23-11-12-7-5-4-6-8-12/h4-8,13H,9-11H2,1-3H3/t13-/m1/s1. The Balaban J connectivity index is 2.08. The number of hydrogen-bond acceptors (Lipinski definition) is 4. The van der Waals surface area contributed by atoms with Gasteiger partial charge in [0.15, 0.2) is 6.04 Å². The van der Waals surface area contributed by atoms with Crippen LogP contribution in [0.15, 0.2) is 30.3 Å². The molecule has 1 atom stereocenters. The zero-order valence-corrected chi connectivity index (χ0v) is 13.9. The van der Waals surface area contributed by atoms with Gasteiger partial charge in [0, 0.05) is 13.0 Å². The van der Waals surface area contributed by atoms with Crippen molar-refractivity contribution in [1.82, 2.24) is 4.90 Å². The number of amides is 1. The first-order valence-electron chi connectivity index (χ1n) is 7.68. The third-order valence-corrected chi connectivity index (χ3v) is 3.47. The van der Waals surface area contributed by atoms with E-state index in [2.05, 4.69) is 0 Å². The van der Waals surface area contributed by atoms with Gasteiger partial charge in [0.1, 0.15) is 12.2 Å². The fourth-order valence-corrected chi connectivity index (χ4v) is 2.39. The number of rotatable bonds is 3. The van der Waals surface area contributed by atoms with Crippen molar-refractivity contribution in [3.05, 3.63) is 35.9 Å². The quantitative estimate of drug-likeness (QED) is 0.791. The Morgan fingerprint density at radius 2 is 1.88 bits per heavy atom. The number of likely N-dealkylation sites (tertiary alicyclic amines) is 1. The molecular formula is C17H21F2NO4. The summed E-state index contributed by atoms with van der Waals surface area (Å²) in [7, 11) is 0. The van der Waals surface area contributed by atoms with Crippen LogP contribution in [0.5, 0.6) is 0 Å². The van der Waals surface area contributed by atoms with Gasteiger partial charge in [-0.25, -0.2) is 18.4 Å². The SMILES string of the molecule is CC(C)(C)OC(=O)N1CCC(F)(F)[C@H]1C(=O)OCc1ccccc1. The number of halogens is 2. The third kappa shape index (κ3) is 4.43. The van der Waals surface area contributed by atoms with Gasteiger partial charge in [0.25, 0.3) is 5.92 Å². The minimum atomic E-state index is -3.34. The Morgan fingerprint density at radius 3 is 2.46 bits per heavy atom. The maximum atomic E-state index is 14.1. The molecular weight excluding hydrogens is 320 g/mol. The van der Waals surface area contributed by atoms with Crippen molar-refractivity contribution < 1.29 is 27.8 Å². The van der Waals surface area contributed by atoms with Crippen molar-refractivity contribution in [2.45, 2.75) is 51.4 Å². The molecule has 1 aromatic carbocycles. The lowest BCUT2D eigenvalue weighted by molar-refractivity contribution is -0.160. The normalized spacial score (nSPS) is 19.9. The smallest absolute Gasteiger partial charge is 0.411 e. The van der Waals surface area contributed by atoms with Gasteiger partial charge in [-0.15, -0.1) is 0 Å². The highest BCUT2D eigenvalue weighted by Crippen LogP contribution is 2.35. The zero-order valence-electron chi connectivity index (χ0n) is 13.9. The van der Waals surface area contributed by atoms with E-state index in [1.165, 1.54) is 0 Å². The van der Waals surface area contributed by atoms with Crippen LogP contribution >= 0.6 is 0 Å². The average molecular weight is 341 g/mol. The molecule has 0 aliphatic carbocycles. The topological polar surface area (TPSA) is 55.8 Å². The Morgan fingerprint density at radius 1 is 1.25 bits per heavy atom. The molecule has 0 saturated carbocycles. The van der Waals surface area contributed by atoms with Crippen molar-refractivity contribution in [3.63, 3.8) is 0 Å². The second-order valence-electron chi connectivity index (χ2n) is 6.68. The molecule has 1 aliphatic heterocycles. The Bertz CT molecular complexity index is 598. The number of alkyl halides is 2. The lowest BCUT2D eigenvalue weighted by atomic mass is 10.1. The van der Waals surface area contributed by atoms with E-state index >= 15 is 0 Å². The average Bonchev–Trinajstić information content (AvgIpc) is 2.80. The summed E-state index contributed by atoms with van der Waals surface area (Å²) in [6.07, 6.45) is -1.54. The molecule has 0 N–H and O–H groups in total. The predicted molar refractivity (Wildman–Crippen MR) is 82.5 cm³/mol. The summed E-state index contributed by atoms with van der Waals surface area (Å²) in [6, 6.07) is 6.76. The van der Waals surface area contributed by atoms with E-state index in [0.29, 0.717) is 5.56 Å². The molecule has 0 radical (unpaired) electrons. The van der Waals surface area contributed by atoms with Gasteiger partial charge in [0.2, 0.25) is 0 Å². The molecule has 132 valence electrons. The minimum absolute atomic E-state index is 0.131. The molecule has 1 heterocycles. The molecule has 0 aromatic heterocycles. The predicted octanol–water partition coefficient (Wildman–Crippen LogP) is 3.37. The molecule has 0 bridgehead atoms. The van der Waals surface area contributed by atoms with Crippen LogP contribution in [-0.2, 0) is 20.9 Å². The maximum Gasteiger partial charge on any atom is 0.411 e. The summed E-state index contributed by atoms with van der Waals surface area (Å²) < 4.78 is 38.3. The van der Waals surface area contributed by atoms with E-state index in [0.717, 1.165) is 4.90 Å². The van der Waals surface area contributed by atoms with Crippen LogP contribution in [0, 0.1) is 0 Å². The van der Waals surface area contributed by atoms with Gasteiger partial charge in [-0.05, 0) is 26.3 Å². The second-order valence-corrected chi connectivity index (χ2v) is 6.68. The van der Waals surface area contributed by atoms with Crippen LogP contribution in [0.1, 0.15) is 32.8 Å². The van der Waals surface area contributed by atoms with Gasteiger partial charge in [-0.2, -0.15) is 0 Å². The third-order valence-electron chi connectivity index (χ3n) is 3.47. The summed E-state index contributed by atoms with van der Waals surface area (Å²) in [6.45, 7) is 4.49. The molecule has 5 nitrogen and oxygen atoms in total. The van der Waals surface area contributed by atoms with E-state index < -0.39 is 36.0 Å². The number of benzene rings is 1. The largest absolute Gasteiger partial charge is 0.459 e. The van der Waals surface area contributed by atoms with Gasteiger partial charge in [-0.3, -0.25) is 4.90 Å². The van der Waals surface area contributed by atoms with Crippen molar-refractivity contribution in [2.24, 2.45) is 0 Å². The lowest BCUT2D eigenvalue weighted by Gasteiger charge is -2.28. The van der Waals surface area contributed by atoms with Crippen LogP contribution < -0.4 is 0 Å². The van der Waals surface area contributed by atoms with Gasteiger partial charge in [0.05, 0.1) is 0 Å². The monoisotopic (exact) mass is 341 g/mol. The Labute approximate surface area is 139 Å². The van der Waals surface area contributed by atoms with Gasteiger partial charge in [-0.1, -0.05) is 30.3 Å². The Hall–Kier alpha value is -2.18. The minimum Gasteiger partial charge on any atom is -0.459 e. The highest BCUT2D eigenvalue weighted by atomic mass is 19.3. The number of nitrogens with zero attached hydrogens (tertiary/aromatic N) is 1. The number of carbonyl (C=O) groups excluding carboxylic acids is 2. The first-order chi connectivity index (χ1) is 11.1. The summed E-state index contributed by atoms with van der Waals surface area (Å²) in [5.74, 6) is -4.47. The van der Waals surface area contributed by atoms with E-state index in [-0.39, 0.29) is 13.2 Å². The first-order valence-corrected chi connectivity index (χ1v) is 7.68. The van der Waals surface area contributed by atoms with Crippen molar-refractivity contribution in [2.75, 3.05) is 6.54 Å². The summed E-state index contributed by atoms with van der Waals surface area (Å²) >= 11 is 0. The molecule has 1 saturated heterocycles. The fourth-order valence-electron chi connectivity index (χ4n) is 2.39. The van der Waals surface area contributed by atoms with Gasteiger partial charge < -0.3 is 9.47 Å². The summed E-state index contributed by atoms with van der Waals surface area (Å²) in [5, 5.41) is 0. The van der Waals surface area contributed by atoms with E-state index in [1.807, 2.05) is 0 Å². The highest BCUT2D eigenvalue weighted by molar-refractivity contribution is 5.83. The summed E-state index contributed by atoms with van der Waals surface area (Å²) in [5.41, 5.74) is -0.163. The molecule has 0 spiro atoms. The van der Waals surface area contributed by atoms with E-state index in [1.54, 1.807) is 51.1 Å². The highest BCUT2D eigenvalue weighted by Gasteiger charge is 2.56. The van der Waals surface area contributed by atoms with Crippen LogP contribution in [0.3, 0.4) is 0 Å². The number of ether oxygens (including phenoxy) is 2. The Kier molecular flexibility index (Phi) is 5.11. The lowest BCUT2D eigenvalue weighted by Crippen LogP contribution is -2.50. The molecule has 1 aromatic rings. The van der Waals surface area contributed by atoms with Crippen molar-refractivity contribution in [3.8, 4) is 0 Å². The zero-order chi connectivity index (χ0) is 18.0. The van der Waals surface area contributed by atoms with Crippen LogP contribution in [0.2, 0.25) is 0 Å². The van der Waals surface area contributed by atoms with E-state index in [4.69, 9.17) is 9.47 Å². The van der Waals surface area contributed by atoms with E-state index in [9.17, 15) is 18.4 Å². The number of carbonyl (C=O) groups is 2. The fraction of sp³-hybridized carbons (Fsp3) is 0.529. The van der Waals surface area contributed by atoms with Crippen LogP contribution in [-0.4, -0.2) is 41.1 Å². The molecule has 0 unspecified atom stereocenters. The second kappa shape index (κ2) is 6.75. The van der Waals surface area contributed by atoms with Crippen molar-refractivity contribution >= 4 is 12.1 Å². The summed E-state index contributed by atoms with van der Waals surface area (Å²) in [4.78, 5) is 25.0. The van der Waals surface area contributed by atoms with Gasteiger partial charge >= 0.3 is 12.1 Å².